The molecule has 2 rings (SSSR count). The van der Waals surface area contributed by atoms with Crippen LogP contribution in [0.15, 0.2) is 12.1 Å². The molecule has 2 heterocycles. The van der Waals surface area contributed by atoms with Crippen molar-refractivity contribution in [1.82, 2.24) is 9.59 Å². The lowest BCUT2D eigenvalue weighted by Gasteiger charge is -2.05. The van der Waals surface area contributed by atoms with Crippen LogP contribution in [0.2, 0.25) is 0 Å². The van der Waals surface area contributed by atoms with E-state index in [-0.39, 0.29) is 6.04 Å². The molecular formula is C9H11N3S2. The number of nitrogens with two attached hydrogens (primary N) is 1. The van der Waals surface area contributed by atoms with Crippen molar-refractivity contribution in [2.24, 2.45) is 5.73 Å². The minimum Gasteiger partial charge on any atom is -0.319 e. The van der Waals surface area contributed by atoms with E-state index >= 15 is 0 Å². The number of thiophene rings is 1. The molecule has 0 fully saturated rings. The topological polar surface area (TPSA) is 51.8 Å². The normalized spacial score (nSPS) is 13.1. The monoisotopic (exact) mass is 225 g/mol. The lowest BCUT2D eigenvalue weighted by Crippen LogP contribution is -2.09. The minimum atomic E-state index is -0.0614. The number of hydrogen-bond donors (Lipinski definition) is 1. The van der Waals surface area contributed by atoms with Crippen molar-refractivity contribution in [3.05, 3.63) is 32.5 Å². The Hall–Kier alpha value is -0.780. The number of aromatic nitrogens is 2. The molecule has 0 aliphatic heterocycles. The van der Waals surface area contributed by atoms with E-state index in [4.69, 9.17) is 5.73 Å². The quantitative estimate of drug-likeness (QED) is 0.853. The standard InChI is InChI=1S/C9H11N3S2/c1-5-3-4-7(13-5)8(10)9-6(2)11-12-14-9/h3-4,8H,10H2,1-2H3. The van der Waals surface area contributed by atoms with E-state index in [9.17, 15) is 0 Å². The predicted octanol–water partition coefficient (Wildman–Crippen LogP) is 2.26. The molecule has 0 aliphatic rings. The van der Waals surface area contributed by atoms with Gasteiger partial charge < -0.3 is 5.73 Å². The summed E-state index contributed by atoms with van der Waals surface area (Å²) in [5.74, 6) is 0. The maximum Gasteiger partial charge on any atom is 0.0776 e. The van der Waals surface area contributed by atoms with Crippen molar-refractivity contribution in [2.45, 2.75) is 19.9 Å². The Labute approximate surface area is 90.8 Å². The van der Waals surface area contributed by atoms with Crippen LogP contribution >= 0.6 is 22.9 Å². The second-order valence-corrected chi connectivity index (χ2v) is 5.25. The van der Waals surface area contributed by atoms with Crippen LogP contribution in [0, 0.1) is 13.8 Å². The van der Waals surface area contributed by atoms with Crippen molar-refractivity contribution in [3.8, 4) is 0 Å². The van der Waals surface area contributed by atoms with Gasteiger partial charge in [0.25, 0.3) is 0 Å². The molecule has 5 heteroatoms. The van der Waals surface area contributed by atoms with E-state index in [1.54, 1.807) is 11.3 Å². The van der Waals surface area contributed by atoms with E-state index in [1.165, 1.54) is 21.3 Å². The molecule has 2 aromatic rings. The molecule has 2 aromatic heterocycles. The largest absolute Gasteiger partial charge is 0.319 e. The van der Waals surface area contributed by atoms with Crippen LogP contribution in [0.3, 0.4) is 0 Å². The first kappa shape index (κ1) is 9.76. The first-order chi connectivity index (χ1) is 6.68. The van der Waals surface area contributed by atoms with Crippen LogP contribution in [0.5, 0.6) is 0 Å². The van der Waals surface area contributed by atoms with Crippen LogP contribution < -0.4 is 5.73 Å². The highest BCUT2D eigenvalue weighted by atomic mass is 32.1. The van der Waals surface area contributed by atoms with Crippen molar-refractivity contribution in [1.29, 1.82) is 0 Å². The first-order valence-corrected chi connectivity index (χ1v) is 5.88. The fraction of sp³-hybridized carbons (Fsp3) is 0.333. The molecule has 0 spiro atoms. The number of nitrogens with zero attached hydrogens (tertiary/aromatic N) is 2. The molecule has 0 amide bonds. The van der Waals surface area contributed by atoms with E-state index in [1.807, 2.05) is 6.92 Å². The van der Waals surface area contributed by atoms with Crippen LogP contribution in [-0.2, 0) is 0 Å². The van der Waals surface area contributed by atoms with Crippen molar-refractivity contribution in [3.63, 3.8) is 0 Å². The maximum atomic E-state index is 6.12. The Balaban J connectivity index is 2.33. The Kier molecular flexibility index (Phi) is 2.62. The van der Waals surface area contributed by atoms with Gasteiger partial charge in [-0.2, -0.15) is 0 Å². The lowest BCUT2D eigenvalue weighted by molar-refractivity contribution is 0.895. The molecule has 74 valence electrons. The highest BCUT2D eigenvalue weighted by molar-refractivity contribution is 7.12. The van der Waals surface area contributed by atoms with Crippen LogP contribution in [0.1, 0.15) is 26.4 Å². The molecule has 0 radical (unpaired) electrons. The first-order valence-electron chi connectivity index (χ1n) is 4.29. The van der Waals surface area contributed by atoms with Crippen molar-refractivity contribution >= 4 is 22.9 Å². The fourth-order valence-electron chi connectivity index (χ4n) is 1.27. The van der Waals surface area contributed by atoms with Gasteiger partial charge in [-0.3, -0.25) is 0 Å². The molecule has 0 saturated heterocycles. The van der Waals surface area contributed by atoms with Crippen molar-refractivity contribution in [2.75, 3.05) is 0 Å². The number of hydrogen-bond acceptors (Lipinski definition) is 5. The third-order valence-electron chi connectivity index (χ3n) is 2.04. The molecule has 1 unspecified atom stereocenters. The lowest BCUT2D eigenvalue weighted by atomic mass is 10.2. The molecule has 0 aromatic carbocycles. The van der Waals surface area contributed by atoms with Crippen molar-refractivity contribution < 1.29 is 0 Å². The summed E-state index contributed by atoms with van der Waals surface area (Å²) >= 11 is 3.11. The zero-order chi connectivity index (χ0) is 10.1. The average molecular weight is 225 g/mol. The van der Waals surface area contributed by atoms with Gasteiger partial charge in [0.15, 0.2) is 0 Å². The van der Waals surface area contributed by atoms with Gasteiger partial charge >= 0.3 is 0 Å². The summed E-state index contributed by atoms with van der Waals surface area (Å²) in [6, 6.07) is 4.10. The van der Waals surface area contributed by atoms with Gasteiger partial charge in [-0.1, -0.05) is 4.49 Å². The minimum absolute atomic E-state index is 0.0614. The van der Waals surface area contributed by atoms with E-state index in [0.717, 1.165) is 10.6 Å². The van der Waals surface area contributed by atoms with Gasteiger partial charge in [0.2, 0.25) is 0 Å². The molecule has 1 atom stereocenters. The highest BCUT2D eigenvalue weighted by Gasteiger charge is 2.16. The molecule has 0 aliphatic carbocycles. The Morgan fingerprint density at radius 1 is 1.36 bits per heavy atom. The average Bonchev–Trinajstić information content (AvgIpc) is 2.73. The molecule has 3 nitrogen and oxygen atoms in total. The van der Waals surface area contributed by atoms with Gasteiger partial charge in [-0.25, -0.2) is 0 Å². The summed E-state index contributed by atoms with van der Waals surface area (Å²) < 4.78 is 3.89. The van der Waals surface area contributed by atoms with Crippen LogP contribution in [-0.4, -0.2) is 9.59 Å². The van der Waals surface area contributed by atoms with Crippen LogP contribution in [0.4, 0.5) is 0 Å². The van der Waals surface area contributed by atoms with Gasteiger partial charge in [0.1, 0.15) is 0 Å². The Bertz CT molecular complexity index is 433. The van der Waals surface area contributed by atoms with E-state index in [2.05, 4.69) is 28.6 Å². The summed E-state index contributed by atoms with van der Waals surface area (Å²) in [6.45, 7) is 4.03. The molecule has 14 heavy (non-hydrogen) atoms. The predicted molar refractivity (Wildman–Crippen MR) is 59.7 cm³/mol. The summed E-state index contributed by atoms with van der Waals surface area (Å²) in [7, 11) is 0. The summed E-state index contributed by atoms with van der Waals surface area (Å²) in [5.41, 5.74) is 7.05. The summed E-state index contributed by atoms with van der Waals surface area (Å²) in [4.78, 5) is 3.52. The molecule has 2 N–H and O–H groups in total. The van der Waals surface area contributed by atoms with Crippen LogP contribution in [0.25, 0.3) is 0 Å². The Morgan fingerprint density at radius 3 is 2.64 bits per heavy atom. The number of aryl methyl sites for hydroxylation is 2. The smallest absolute Gasteiger partial charge is 0.0776 e. The highest BCUT2D eigenvalue weighted by Crippen LogP contribution is 2.29. The molecule has 0 bridgehead atoms. The van der Waals surface area contributed by atoms with Gasteiger partial charge in [0.05, 0.1) is 16.6 Å². The second-order valence-electron chi connectivity index (χ2n) is 3.15. The maximum absolute atomic E-state index is 6.12. The Morgan fingerprint density at radius 2 is 2.14 bits per heavy atom. The third-order valence-corrected chi connectivity index (χ3v) is 4.03. The zero-order valence-corrected chi connectivity index (χ0v) is 9.65. The van der Waals surface area contributed by atoms with E-state index in [0.29, 0.717) is 0 Å². The molecule has 0 saturated carbocycles. The van der Waals surface area contributed by atoms with Gasteiger partial charge in [-0.05, 0) is 37.5 Å². The second kappa shape index (κ2) is 3.76. The van der Waals surface area contributed by atoms with E-state index < -0.39 is 0 Å². The van der Waals surface area contributed by atoms with Gasteiger partial charge in [0, 0.05) is 9.75 Å². The molecular weight excluding hydrogens is 214 g/mol. The third kappa shape index (κ3) is 1.70. The summed E-state index contributed by atoms with van der Waals surface area (Å²) in [5, 5.41) is 3.96. The number of rotatable bonds is 2. The van der Waals surface area contributed by atoms with Gasteiger partial charge in [-0.15, -0.1) is 16.4 Å². The summed E-state index contributed by atoms with van der Waals surface area (Å²) in [6.07, 6.45) is 0. The SMILES string of the molecule is Cc1ccc(C(N)c2snnc2C)s1. The fourth-order valence-corrected chi connectivity index (χ4v) is 2.90. The zero-order valence-electron chi connectivity index (χ0n) is 8.02.